The van der Waals surface area contributed by atoms with Crippen LogP contribution in [0.25, 0.3) is 0 Å². The molecule has 0 unspecified atom stereocenters. The Hall–Kier alpha value is -1.26. The largest absolute Gasteiger partial charge is 0.481 e. The van der Waals surface area contributed by atoms with Crippen LogP contribution in [0.1, 0.15) is 52.4 Å². The van der Waals surface area contributed by atoms with E-state index in [1.165, 1.54) is 0 Å². The van der Waals surface area contributed by atoms with Crippen molar-refractivity contribution < 1.29 is 14.7 Å². The number of aliphatic carboxylic acids is 1. The molecule has 0 radical (unpaired) electrons. The van der Waals surface area contributed by atoms with Crippen molar-refractivity contribution in [1.82, 2.24) is 10.2 Å². The lowest BCUT2D eigenvalue weighted by Crippen LogP contribution is -2.48. The number of nitrogens with one attached hydrogen (secondary N) is 1. The third kappa shape index (κ3) is 4.73. The van der Waals surface area contributed by atoms with E-state index >= 15 is 0 Å². The Kier molecular flexibility index (Phi) is 6.12. The van der Waals surface area contributed by atoms with Crippen LogP contribution in [0.3, 0.4) is 0 Å². The molecule has 2 amide bonds. The summed E-state index contributed by atoms with van der Waals surface area (Å²) in [7, 11) is 0. The van der Waals surface area contributed by atoms with E-state index in [2.05, 4.69) is 12.2 Å². The first-order chi connectivity index (χ1) is 9.03. The van der Waals surface area contributed by atoms with E-state index < -0.39 is 5.97 Å². The standard InChI is InChI=1S/C14H26N2O3/c1-3-5-9-16(4-2)13(19)15-11-14(7-6-8-14)10-12(17)18/h3-11H2,1-2H3,(H,15,19)(H,17,18). The van der Waals surface area contributed by atoms with Crippen LogP contribution in [-0.4, -0.2) is 41.6 Å². The van der Waals surface area contributed by atoms with Crippen molar-refractivity contribution in [3.63, 3.8) is 0 Å². The molecule has 110 valence electrons. The maximum absolute atomic E-state index is 12.0. The molecule has 1 fully saturated rings. The van der Waals surface area contributed by atoms with Crippen molar-refractivity contribution in [2.45, 2.75) is 52.4 Å². The zero-order chi connectivity index (χ0) is 14.3. The molecule has 0 aliphatic heterocycles. The Morgan fingerprint density at radius 1 is 1.32 bits per heavy atom. The van der Waals surface area contributed by atoms with Crippen LogP contribution in [0.5, 0.6) is 0 Å². The number of nitrogens with zero attached hydrogens (tertiary/aromatic N) is 1. The monoisotopic (exact) mass is 270 g/mol. The number of amides is 2. The van der Waals surface area contributed by atoms with Gasteiger partial charge in [0, 0.05) is 19.6 Å². The number of carbonyl (C=O) groups excluding carboxylic acids is 1. The van der Waals surface area contributed by atoms with E-state index in [0.29, 0.717) is 13.1 Å². The third-order valence-corrected chi connectivity index (χ3v) is 4.01. The van der Waals surface area contributed by atoms with E-state index in [9.17, 15) is 9.59 Å². The second-order valence-corrected chi connectivity index (χ2v) is 5.52. The summed E-state index contributed by atoms with van der Waals surface area (Å²) in [6, 6.07) is -0.0624. The summed E-state index contributed by atoms with van der Waals surface area (Å²) in [6.07, 6.45) is 5.10. The van der Waals surface area contributed by atoms with Gasteiger partial charge in [0.05, 0.1) is 6.42 Å². The molecule has 0 aromatic heterocycles. The van der Waals surface area contributed by atoms with Gasteiger partial charge in [-0.15, -0.1) is 0 Å². The highest BCUT2D eigenvalue weighted by Crippen LogP contribution is 2.43. The summed E-state index contributed by atoms with van der Waals surface area (Å²) in [6.45, 7) is 6.01. The fourth-order valence-electron chi connectivity index (χ4n) is 2.54. The van der Waals surface area contributed by atoms with E-state index in [4.69, 9.17) is 5.11 Å². The van der Waals surface area contributed by atoms with Crippen LogP contribution < -0.4 is 5.32 Å². The fourth-order valence-corrected chi connectivity index (χ4v) is 2.54. The second-order valence-electron chi connectivity index (χ2n) is 5.52. The molecule has 2 N–H and O–H groups in total. The van der Waals surface area contributed by atoms with Gasteiger partial charge >= 0.3 is 12.0 Å². The first kappa shape index (κ1) is 15.8. The molecule has 0 aromatic rings. The van der Waals surface area contributed by atoms with Gasteiger partial charge in [0.2, 0.25) is 0 Å². The summed E-state index contributed by atoms with van der Waals surface area (Å²) in [5.74, 6) is -0.771. The first-order valence-electron chi connectivity index (χ1n) is 7.27. The van der Waals surface area contributed by atoms with Crippen molar-refractivity contribution in [3.8, 4) is 0 Å². The van der Waals surface area contributed by atoms with Gasteiger partial charge in [-0.3, -0.25) is 4.79 Å². The molecule has 1 aliphatic rings. The highest BCUT2D eigenvalue weighted by atomic mass is 16.4. The number of carbonyl (C=O) groups is 2. The van der Waals surface area contributed by atoms with Gasteiger partial charge in [-0.25, -0.2) is 4.79 Å². The molecule has 5 heteroatoms. The lowest BCUT2D eigenvalue weighted by atomic mass is 9.66. The minimum absolute atomic E-state index is 0.0624. The average molecular weight is 270 g/mol. The lowest BCUT2D eigenvalue weighted by Gasteiger charge is -2.41. The Balaban J connectivity index is 2.40. The maximum atomic E-state index is 12.0. The number of carboxylic acids is 1. The highest BCUT2D eigenvalue weighted by Gasteiger charge is 2.39. The minimum atomic E-state index is -0.771. The molecule has 0 aromatic carbocycles. The highest BCUT2D eigenvalue weighted by molar-refractivity contribution is 5.74. The molecule has 1 saturated carbocycles. The minimum Gasteiger partial charge on any atom is -0.481 e. The van der Waals surface area contributed by atoms with Crippen LogP contribution in [0, 0.1) is 5.41 Å². The summed E-state index contributed by atoms with van der Waals surface area (Å²) in [5.41, 5.74) is -0.203. The van der Waals surface area contributed by atoms with Crippen molar-refractivity contribution in [2.75, 3.05) is 19.6 Å². The van der Waals surface area contributed by atoms with Gasteiger partial charge in [-0.1, -0.05) is 19.8 Å². The number of carboxylic acid groups (broad SMARTS) is 1. The smallest absolute Gasteiger partial charge is 0.317 e. The zero-order valence-electron chi connectivity index (χ0n) is 12.1. The molecule has 0 bridgehead atoms. The Morgan fingerprint density at radius 2 is 2.00 bits per heavy atom. The normalized spacial score (nSPS) is 16.5. The van der Waals surface area contributed by atoms with Crippen LogP contribution in [0.4, 0.5) is 4.79 Å². The van der Waals surface area contributed by atoms with E-state index in [0.717, 1.165) is 38.6 Å². The first-order valence-corrected chi connectivity index (χ1v) is 7.27. The molecule has 1 aliphatic carbocycles. The number of rotatable bonds is 8. The Morgan fingerprint density at radius 3 is 2.42 bits per heavy atom. The van der Waals surface area contributed by atoms with Gasteiger partial charge in [0.25, 0.3) is 0 Å². The molecule has 0 saturated heterocycles. The Bertz CT molecular complexity index is 314. The summed E-state index contributed by atoms with van der Waals surface area (Å²) < 4.78 is 0. The lowest BCUT2D eigenvalue weighted by molar-refractivity contribution is -0.141. The van der Waals surface area contributed by atoms with Gasteiger partial charge in [-0.05, 0) is 31.6 Å². The second kappa shape index (κ2) is 7.36. The predicted molar refractivity (Wildman–Crippen MR) is 74.1 cm³/mol. The number of hydrogen-bond acceptors (Lipinski definition) is 2. The fraction of sp³-hybridized carbons (Fsp3) is 0.857. The predicted octanol–water partition coefficient (Wildman–Crippen LogP) is 2.46. The van der Waals surface area contributed by atoms with E-state index in [1.54, 1.807) is 4.90 Å². The van der Waals surface area contributed by atoms with Gasteiger partial charge in [0.15, 0.2) is 0 Å². The summed E-state index contributed by atoms with van der Waals surface area (Å²) in [4.78, 5) is 24.7. The molecular weight excluding hydrogens is 244 g/mol. The molecule has 0 heterocycles. The van der Waals surface area contributed by atoms with Crippen LogP contribution in [0.2, 0.25) is 0 Å². The van der Waals surface area contributed by atoms with Gasteiger partial charge in [0.1, 0.15) is 0 Å². The van der Waals surface area contributed by atoms with Crippen molar-refractivity contribution in [1.29, 1.82) is 0 Å². The molecular formula is C14H26N2O3. The topological polar surface area (TPSA) is 69.6 Å². The van der Waals surface area contributed by atoms with Crippen LogP contribution >= 0.6 is 0 Å². The summed E-state index contributed by atoms with van der Waals surface area (Å²) >= 11 is 0. The molecule has 0 atom stereocenters. The molecule has 0 spiro atoms. The van der Waals surface area contributed by atoms with E-state index in [-0.39, 0.29) is 17.9 Å². The van der Waals surface area contributed by atoms with Crippen LogP contribution in [-0.2, 0) is 4.79 Å². The number of unbranched alkanes of at least 4 members (excludes halogenated alkanes) is 1. The average Bonchev–Trinajstić information content (AvgIpc) is 2.33. The number of urea groups is 1. The number of hydrogen-bond donors (Lipinski definition) is 2. The van der Waals surface area contributed by atoms with Gasteiger partial charge in [-0.2, -0.15) is 0 Å². The molecule has 19 heavy (non-hydrogen) atoms. The quantitative estimate of drug-likeness (QED) is 0.712. The van der Waals surface area contributed by atoms with E-state index in [1.807, 2.05) is 6.92 Å². The van der Waals surface area contributed by atoms with Crippen LogP contribution in [0.15, 0.2) is 0 Å². The SMILES string of the molecule is CCCCN(CC)C(=O)NCC1(CC(=O)O)CCC1. The zero-order valence-corrected chi connectivity index (χ0v) is 12.1. The maximum Gasteiger partial charge on any atom is 0.317 e. The van der Waals surface area contributed by atoms with Gasteiger partial charge < -0.3 is 15.3 Å². The molecule has 1 rings (SSSR count). The van der Waals surface area contributed by atoms with Crippen molar-refractivity contribution >= 4 is 12.0 Å². The third-order valence-electron chi connectivity index (χ3n) is 4.01. The molecule has 5 nitrogen and oxygen atoms in total. The Labute approximate surface area is 115 Å². The van der Waals surface area contributed by atoms with Crippen molar-refractivity contribution in [3.05, 3.63) is 0 Å². The van der Waals surface area contributed by atoms with Crippen molar-refractivity contribution in [2.24, 2.45) is 5.41 Å². The summed E-state index contributed by atoms with van der Waals surface area (Å²) in [5, 5.41) is 11.8.